The number of rotatable bonds is 4. The maximum Gasteiger partial charge on any atom is 0.488 e. The fourth-order valence-electron chi connectivity index (χ4n) is 4.18. The zero-order chi connectivity index (χ0) is 20.0. The second-order valence-electron chi connectivity index (χ2n) is 9.07. The van der Waals surface area contributed by atoms with E-state index >= 15 is 0 Å². The molecule has 0 amide bonds. The van der Waals surface area contributed by atoms with Crippen molar-refractivity contribution in [2.45, 2.75) is 64.3 Å². The molecule has 2 N–H and O–H groups in total. The van der Waals surface area contributed by atoms with Crippen LogP contribution in [0.1, 0.15) is 74.4 Å². The highest BCUT2D eigenvalue weighted by molar-refractivity contribution is 6.58. The second-order valence-corrected chi connectivity index (χ2v) is 9.07. The van der Waals surface area contributed by atoms with Gasteiger partial charge < -0.3 is 10.0 Å². The first-order chi connectivity index (χ1) is 12.6. The molecule has 1 aliphatic carbocycles. The number of benzene rings is 2. The van der Waals surface area contributed by atoms with Gasteiger partial charge in [-0.25, -0.2) is 0 Å². The van der Waals surface area contributed by atoms with Gasteiger partial charge in [0.25, 0.3) is 0 Å². The van der Waals surface area contributed by atoms with Gasteiger partial charge in [0.15, 0.2) is 0 Å². The fourth-order valence-corrected chi connectivity index (χ4v) is 4.18. The molecule has 27 heavy (non-hydrogen) atoms. The van der Waals surface area contributed by atoms with Crippen LogP contribution in [-0.4, -0.2) is 17.2 Å². The van der Waals surface area contributed by atoms with Crippen LogP contribution in [0.2, 0.25) is 0 Å². The molecule has 0 bridgehead atoms. The molecule has 0 aromatic heterocycles. The first-order valence-corrected chi connectivity index (χ1v) is 9.51. The lowest BCUT2D eigenvalue weighted by Gasteiger charge is -2.42. The number of nitrogens with zero attached hydrogens (tertiary/aromatic N) is 1. The molecule has 1 unspecified atom stereocenters. The second kappa shape index (κ2) is 6.88. The van der Waals surface area contributed by atoms with E-state index in [1.807, 2.05) is 6.92 Å². The van der Waals surface area contributed by atoms with Crippen molar-refractivity contribution < 1.29 is 10.0 Å². The molecule has 3 rings (SSSR count). The van der Waals surface area contributed by atoms with Gasteiger partial charge in [-0.1, -0.05) is 69.3 Å². The van der Waals surface area contributed by atoms with Gasteiger partial charge in [-0.2, -0.15) is 0 Å². The topological polar surface area (TPSA) is 69.9 Å². The Morgan fingerprint density at radius 1 is 0.963 bits per heavy atom. The minimum Gasteiger partial charge on any atom is -0.423 e. The molecule has 142 valence electrons. The molecular weight excluding hydrogens is 337 g/mol. The predicted molar refractivity (Wildman–Crippen MR) is 110 cm³/mol. The molecule has 1 aliphatic rings. The van der Waals surface area contributed by atoms with Crippen molar-refractivity contribution in [3.63, 3.8) is 0 Å². The highest BCUT2D eigenvalue weighted by Gasteiger charge is 2.38. The molecule has 2 aromatic carbocycles. The van der Waals surface area contributed by atoms with Crippen LogP contribution in [-0.2, 0) is 10.8 Å². The number of hydrogen-bond donors (Lipinski definition) is 2. The van der Waals surface area contributed by atoms with Gasteiger partial charge in [0, 0.05) is 0 Å². The monoisotopic (exact) mass is 365 g/mol. The third kappa shape index (κ3) is 3.58. The Bertz CT molecular complexity index is 857. The summed E-state index contributed by atoms with van der Waals surface area (Å²) in [5.41, 5.74) is 5.99. The highest BCUT2D eigenvalue weighted by atomic mass is 16.4. The van der Waals surface area contributed by atoms with Crippen LogP contribution in [0.4, 0.5) is 0 Å². The zero-order valence-corrected chi connectivity index (χ0v) is 16.8. The Balaban J connectivity index is 2.11. The van der Waals surface area contributed by atoms with E-state index in [-0.39, 0.29) is 10.8 Å². The molecule has 0 aliphatic heterocycles. The van der Waals surface area contributed by atoms with Crippen molar-refractivity contribution >= 4 is 12.6 Å². The molecule has 0 spiro atoms. The van der Waals surface area contributed by atoms with E-state index < -0.39 is 13.2 Å². The SMILES string of the molecule is Cc1cc2c(cc1C(N=O)c1ccc(B(O)O)cc1)C(C)(C)CCC2(C)C. The summed E-state index contributed by atoms with van der Waals surface area (Å²) in [4.78, 5) is 11.8. The quantitative estimate of drug-likeness (QED) is 0.638. The molecule has 4 nitrogen and oxygen atoms in total. The Morgan fingerprint density at radius 2 is 1.48 bits per heavy atom. The summed E-state index contributed by atoms with van der Waals surface area (Å²) < 4.78 is 0. The summed E-state index contributed by atoms with van der Waals surface area (Å²) in [6.07, 6.45) is 2.25. The Morgan fingerprint density at radius 3 is 1.96 bits per heavy atom. The smallest absolute Gasteiger partial charge is 0.423 e. The fraction of sp³-hybridized carbons (Fsp3) is 0.455. The van der Waals surface area contributed by atoms with E-state index in [4.69, 9.17) is 0 Å². The van der Waals surface area contributed by atoms with Crippen LogP contribution in [0, 0.1) is 11.8 Å². The lowest BCUT2D eigenvalue weighted by atomic mass is 9.62. The summed E-state index contributed by atoms with van der Waals surface area (Å²) in [6, 6.07) is 10.5. The lowest BCUT2D eigenvalue weighted by molar-refractivity contribution is 0.331. The Kier molecular flexibility index (Phi) is 5.04. The van der Waals surface area contributed by atoms with E-state index in [0.717, 1.165) is 29.5 Å². The predicted octanol–water partition coefficient (Wildman–Crippen LogP) is 3.88. The highest BCUT2D eigenvalue weighted by Crippen LogP contribution is 2.47. The first-order valence-electron chi connectivity index (χ1n) is 9.51. The molecule has 0 heterocycles. The Hall–Kier alpha value is -1.98. The molecule has 0 fully saturated rings. The first kappa shape index (κ1) is 19.8. The number of aryl methyl sites for hydroxylation is 1. The van der Waals surface area contributed by atoms with E-state index in [2.05, 4.69) is 45.0 Å². The van der Waals surface area contributed by atoms with Crippen LogP contribution in [0.5, 0.6) is 0 Å². The van der Waals surface area contributed by atoms with Crippen molar-refractivity contribution in [2.75, 3.05) is 0 Å². The normalized spacial score (nSPS) is 18.5. The summed E-state index contributed by atoms with van der Waals surface area (Å²) >= 11 is 0. The molecule has 5 heteroatoms. The van der Waals surface area contributed by atoms with Crippen molar-refractivity contribution in [2.24, 2.45) is 5.18 Å². The van der Waals surface area contributed by atoms with Gasteiger partial charge in [0.05, 0.1) is 0 Å². The largest absolute Gasteiger partial charge is 0.488 e. The number of fused-ring (bicyclic) bond motifs is 1. The minimum atomic E-state index is -1.52. The van der Waals surface area contributed by atoms with Crippen molar-refractivity contribution in [3.05, 3.63) is 69.1 Å². The van der Waals surface area contributed by atoms with Gasteiger partial charge in [0.2, 0.25) is 0 Å². The maximum atomic E-state index is 11.8. The van der Waals surface area contributed by atoms with Crippen LogP contribution in [0.15, 0.2) is 41.6 Å². The number of hydrogen-bond acceptors (Lipinski definition) is 4. The van der Waals surface area contributed by atoms with E-state index in [9.17, 15) is 15.0 Å². The molecule has 0 saturated heterocycles. The third-order valence-electron chi connectivity index (χ3n) is 6.19. The van der Waals surface area contributed by atoms with E-state index in [0.29, 0.717) is 5.46 Å². The Labute approximate surface area is 161 Å². The van der Waals surface area contributed by atoms with E-state index in [1.54, 1.807) is 24.3 Å². The third-order valence-corrected chi connectivity index (χ3v) is 6.19. The van der Waals surface area contributed by atoms with E-state index in [1.165, 1.54) is 11.1 Å². The van der Waals surface area contributed by atoms with Crippen LogP contribution >= 0.6 is 0 Å². The van der Waals surface area contributed by atoms with Crippen LogP contribution < -0.4 is 5.46 Å². The number of nitroso groups, excluding NO2 is 1. The average Bonchev–Trinajstić information content (AvgIpc) is 2.61. The zero-order valence-electron chi connectivity index (χ0n) is 16.8. The maximum absolute atomic E-state index is 11.8. The molecule has 0 saturated carbocycles. The molecule has 2 aromatic rings. The van der Waals surface area contributed by atoms with Gasteiger partial charge in [0.1, 0.15) is 6.04 Å². The summed E-state index contributed by atoms with van der Waals surface area (Å²) in [5, 5.41) is 22.0. The van der Waals surface area contributed by atoms with Crippen molar-refractivity contribution in [1.29, 1.82) is 0 Å². The van der Waals surface area contributed by atoms with Crippen molar-refractivity contribution in [3.8, 4) is 0 Å². The lowest BCUT2D eigenvalue weighted by Crippen LogP contribution is -2.34. The van der Waals surface area contributed by atoms with Gasteiger partial charge >= 0.3 is 7.12 Å². The van der Waals surface area contributed by atoms with Gasteiger partial charge in [-0.05, 0) is 63.9 Å². The van der Waals surface area contributed by atoms with Crippen molar-refractivity contribution in [1.82, 2.24) is 0 Å². The molecule has 1 atom stereocenters. The summed E-state index contributed by atoms with van der Waals surface area (Å²) in [5.74, 6) is 0. The minimum absolute atomic E-state index is 0.0611. The van der Waals surface area contributed by atoms with Crippen LogP contribution in [0.25, 0.3) is 0 Å². The van der Waals surface area contributed by atoms with Gasteiger partial charge in [-0.15, -0.1) is 4.91 Å². The van der Waals surface area contributed by atoms with Crippen LogP contribution in [0.3, 0.4) is 0 Å². The molecular formula is C22H28BNO3. The summed E-state index contributed by atoms with van der Waals surface area (Å²) in [7, 11) is -1.52. The standard InChI is InChI=1S/C22H28BNO3/c1-14-12-18-19(22(4,5)11-10-21(18,2)3)13-17(14)20(24-27)15-6-8-16(9-7-15)23(25)26/h6-9,12-13,20,25-26H,10-11H2,1-5H3. The average molecular weight is 365 g/mol. The van der Waals surface area contributed by atoms with Gasteiger partial charge in [-0.3, -0.25) is 0 Å². The summed E-state index contributed by atoms with van der Waals surface area (Å²) in [6.45, 7) is 11.1. The molecule has 0 radical (unpaired) electrons.